The van der Waals surface area contributed by atoms with Crippen LogP contribution in [-0.4, -0.2) is 93.4 Å². The SMILES string of the molecule is CCN(CC[NH+](C)C)c1ccnc(-c2cc(=O)cc(-c3cc(N4CC[N+](C)(C)CC4)ccn3)[nH]2)c1. The number of H-pyrrole nitrogens is 1. The van der Waals surface area contributed by atoms with Crippen molar-refractivity contribution in [1.82, 2.24) is 15.0 Å². The summed E-state index contributed by atoms with van der Waals surface area (Å²) in [6.07, 6.45) is 3.64. The van der Waals surface area contributed by atoms with Gasteiger partial charge < -0.3 is 24.2 Å². The lowest BCUT2D eigenvalue weighted by molar-refractivity contribution is -0.890. The molecular formula is C27H39N7O+2. The van der Waals surface area contributed by atoms with Crippen LogP contribution in [-0.2, 0) is 0 Å². The highest BCUT2D eigenvalue weighted by Gasteiger charge is 2.24. The molecule has 1 saturated heterocycles. The van der Waals surface area contributed by atoms with E-state index in [-0.39, 0.29) is 5.43 Å². The van der Waals surface area contributed by atoms with Crippen molar-refractivity contribution in [2.45, 2.75) is 6.92 Å². The third-order valence-corrected chi connectivity index (χ3v) is 6.83. The molecule has 2 N–H and O–H groups in total. The van der Waals surface area contributed by atoms with Crippen LogP contribution < -0.4 is 20.1 Å². The third kappa shape index (κ3) is 6.26. The highest BCUT2D eigenvalue weighted by atomic mass is 16.1. The summed E-state index contributed by atoms with van der Waals surface area (Å²) in [6, 6.07) is 11.5. The summed E-state index contributed by atoms with van der Waals surface area (Å²) in [5.74, 6) is 0. The fraction of sp³-hybridized carbons (Fsp3) is 0.444. The summed E-state index contributed by atoms with van der Waals surface area (Å²) in [5, 5.41) is 0. The molecule has 4 rings (SSSR count). The van der Waals surface area contributed by atoms with Gasteiger partial charge in [-0.15, -0.1) is 0 Å². The molecule has 3 aromatic heterocycles. The number of hydrogen-bond acceptors (Lipinski definition) is 5. The van der Waals surface area contributed by atoms with E-state index in [9.17, 15) is 4.79 Å². The molecule has 0 saturated carbocycles. The monoisotopic (exact) mass is 477 g/mol. The largest absolute Gasteiger partial charge is 0.366 e. The lowest BCUT2D eigenvalue weighted by atomic mass is 10.1. The number of piperazine rings is 1. The number of nitrogens with zero attached hydrogens (tertiary/aromatic N) is 5. The molecule has 8 heteroatoms. The molecule has 3 aromatic rings. The molecule has 0 bridgehead atoms. The van der Waals surface area contributed by atoms with Crippen molar-refractivity contribution in [2.24, 2.45) is 0 Å². The fourth-order valence-electron chi connectivity index (χ4n) is 4.44. The van der Waals surface area contributed by atoms with Crippen LogP contribution in [0.3, 0.4) is 0 Å². The number of rotatable bonds is 8. The van der Waals surface area contributed by atoms with E-state index in [2.05, 4.69) is 78.1 Å². The summed E-state index contributed by atoms with van der Waals surface area (Å²) >= 11 is 0. The Morgan fingerprint density at radius 1 is 1.00 bits per heavy atom. The van der Waals surface area contributed by atoms with Crippen LogP contribution in [0.15, 0.2) is 53.6 Å². The molecule has 0 aromatic carbocycles. The first-order valence-electron chi connectivity index (χ1n) is 12.5. The van der Waals surface area contributed by atoms with Crippen molar-refractivity contribution >= 4 is 11.4 Å². The van der Waals surface area contributed by atoms with Gasteiger partial charge in [0.2, 0.25) is 0 Å². The molecule has 0 radical (unpaired) electrons. The van der Waals surface area contributed by atoms with E-state index in [0.29, 0.717) is 11.4 Å². The van der Waals surface area contributed by atoms with Crippen LogP contribution >= 0.6 is 0 Å². The highest BCUT2D eigenvalue weighted by molar-refractivity contribution is 5.67. The molecule has 186 valence electrons. The van der Waals surface area contributed by atoms with Crippen molar-refractivity contribution < 1.29 is 9.38 Å². The van der Waals surface area contributed by atoms with Crippen LogP contribution in [0.2, 0.25) is 0 Å². The molecule has 35 heavy (non-hydrogen) atoms. The number of pyridine rings is 3. The Balaban J connectivity index is 1.61. The summed E-state index contributed by atoms with van der Waals surface area (Å²) in [4.78, 5) is 31.4. The van der Waals surface area contributed by atoms with E-state index in [1.54, 1.807) is 12.1 Å². The Labute approximate surface area is 208 Å². The van der Waals surface area contributed by atoms with Crippen LogP contribution in [0.4, 0.5) is 11.4 Å². The van der Waals surface area contributed by atoms with Crippen LogP contribution in [0.5, 0.6) is 0 Å². The normalized spacial score (nSPS) is 15.4. The Kier molecular flexibility index (Phi) is 7.52. The molecule has 0 spiro atoms. The molecule has 0 aliphatic carbocycles. The van der Waals surface area contributed by atoms with Crippen molar-refractivity contribution in [1.29, 1.82) is 0 Å². The second kappa shape index (κ2) is 10.6. The number of aromatic amines is 1. The smallest absolute Gasteiger partial charge is 0.182 e. The van der Waals surface area contributed by atoms with E-state index in [4.69, 9.17) is 0 Å². The number of aromatic nitrogens is 3. The Morgan fingerprint density at radius 3 is 2.26 bits per heavy atom. The van der Waals surface area contributed by atoms with Gasteiger partial charge in [0.05, 0.1) is 90.2 Å². The highest BCUT2D eigenvalue weighted by Crippen LogP contribution is 2.25. The van der Waals surface area contributed by atoms with Crippen molar-refractivity contribution in [3.63, 3.8) is 0 Å². The third-order valence-electron chi connectivity index (χ3n) is 6.83. The lowest BCUT2D eigenvalue weighted by Gasteiger charge is -2.40. The van der Waals surface area contributed by atoms with Gasteiger partial charge in [0.1, 0.15) is 0 Å². The van der Waals surface area contributed by atoms with E-state index < -0.39 is 0 Å². The Bertz CT molecular complexity index is 1120. The fourth-order valence-corrected chi connectivity index (χ4v) is 4.44. The first-order chi connectivity index (χ1) is 16.7. The molecule has 0 atom stereocenters. The maximum atomic E-state index is 12.7. The van der Waals surface area contributed by atoms with E-state index in [0.717, 1.165) is 73.1 Å². The average molecular weight is 478 g/mol. The van der Waals surface area contributed by atoms with Crippen molar-refractivity contribution in [2.75, 3.05) is 83.8 Å². The standard InChI is InChI=1S/C27H37N7O/c1-6-32(12-11-31(2)3)21-7-9-28-24(17-21)26-19-23(35)20-27(30-26)25-18-22(8-10-29-25)33-13-15-34(4,5)16-14-33/h7-10,17-20H,6,11-16H2,1-5H3/p+2. The van der Waals surface area contributed by atoms with E-state index in [1.807, 2.05) is 18.5 Å². The molecule has 1 aliphatic rings. The maximum Gasteiger partial charge on any atom is 0.182 e. The van der Waals surface area contributed by atoms with Crippen LogP contribution in [0.25, 0.3) is 22.8 Å². The zero-order valence-corrected chi connectivity index (χ0v) is 21.7. The number of nitrogens with one attached hydrogen (secondary N) is 2. The zero-order valence-electron chi connectivity index (χ0n) is 21.7. The number of quaternary nitrogens is 2. The van der Waals surface area contributed by atoms with Crippen LogP contribution in [0.1, 0.15) is 6.92 Å². The van der Waals surface area contributed by atoms with Gasteiger partial charge in [-0.3, -0.25) is 14.8 Å². The maximum absolute atomic E-state index is 12.7. The minimum absolute atomic E-state index is 0.0614. The molecule has 1 aliphatic heterocycles. The average Bonchev–Trinajstić information content (AvgIpc) is 2.84. The Morgan fingerprint density at radius 2 is 1.63 bits per heavy atom. The van der Waals surface area contributed by atoms with Gasteiger partial charge in [0.15, 0.2) is 5.43 Å². The first kappa shape index (κ1) is 24.9. The summed E-state index contributed by atoms with van der Waals surface area (Å²) < 4.78 is 1.04. The molecule has 0 unspecified atom stereocenters. The first-order valence-corrected chi connectivity index (χ1v) is 12.5. The molecule has 4 heterocycles. The summed E-state index contributed by atoms with van der Waals surface area (Å²) in [7, 11) is 8.88. The van der Waals surface area contributed by atoms with Gasteiger partial charge in [-0.25, -0.2) is 0 Å². The van der Waals surface area contributed by atoms with Crippen LogP contribution in [0, 0.1) is 0 Å². The predicted octanol–water partition coefficient (Wildman–Crippen LogP) is 1.37. The van der Waals surface area contributed by atoms with Gasteiger partial charge in [0.25, 0.3) is 0 Å². The second-order valence-electron chi connectivity index (χ2n) is 10.3. The van der Waals surface area contributed by atoms with Gasteiger partial charge in [-0.05, 0) is 31.2 Å². The van der Waals surface area contributed by atoms with E-state index in [1.165, 1.54) is 4.90 Å². The summed E-state index contributed by atoms with van der Waals surface area (Å²) in [6.45, 7) is 9.31. The summed E-state index contributed by atoms with van der Waals surface area (Å²) in [5.41, 5.74) is 5.12. The quantitative estimate of drug-likeness (QED) is 0.480. The predicted molar refractivity (Wildman–Crippen MR) is 143 cm³/mol. The molecule has 8 nitrogen and oxygen atoms in total. The van der Waals surface area contributed by atoms with Gasteiger partial charge in [-0.1, -0.05) is 0 Å². The Hall–Kier alpha value is -3.23. The van der Waals surface area contributed by atoms with Crippen molar-refractivity contribution in [3.8, 4) is 22.8 Å². The van der Waals surface area contributed by atoms with E-state index >= 15 is 0 Å². The van der Waals surface area contributed by atoms with Gasteiger partial charge in [0, 0.05) is 42.4 Å². The van der Waals surface area contributed by atoms with Gasteiger partial charge in [-0.2, -0.15) is 0 Å². The zero-order chi connectivity index (χ0) is 25.0. The molecule has 0 amide bonds. The lowest BCUT2D eigenvalue weighted by Crippen LogP contribution is -3.06. The van der Waals surface area contributed by atoms with Crippen molar-refractivity contribution in [3.05, 3.63) is 59.0 Å². The minimum Gasteiger partial charge on any atom is -0.366 e. The second-order valence-corrected chi connectivity index (χ2v) is 10.3. The molecular weight excluding hydrogens is 438 g/mol. The minimum atomic E-state index is -0.0614. The number of hydrogen-bond donors (Lipinski definition) is 2. The number of likely N-dealkylation sites (N-methyl/N-ethyl adjacent to an activating group) is 3. The topological polar surface area (TPSA) is 69.6 Å². The number of anilines is 2. The van der Waals surface area contributed by atoms with Gasteiger partial charge >= 0.3 is 0 Å². The molecule has 1 fully saturated rings.